The first kappa shape index (κ1) is 18.3. The maximum Gasteiger partial charge on any atom is 0.259 e. The van der Waals surface area contributed by atoms with E-state index >= 15 is 0 Å². The van der Waals surface area contributed by atoms with Gasteiger partial charge in [-0.15, -0.1) is 11.3 Å². The molecule has 0 bridgehead atoms. The molecule has 1 amide bonds. The molecule has 3 heterocycles. The van der Waals surface area contributed by atoms with Crippen molar-refractivity contribution in [3.63, 3.8) is 0 Å². The molecule has 5 rings (SSSR count). The molecule has 2 aromatic heterocycles. The summed E-state index contributed by atoms with van der Waals surface area (Å²) in [6, 6.07) is 0. The highest BCUT2D eigenvalue weighted by Gasteiger charge is 2.29. The van der Waals surface area contributed by atoms with Crippen molar-refractivity contribution in [1.29, 1.82) is 0 Å². The van der Waals surface area contributed by atoms with E-state index in [1.165, 1.54) is 36.1 Å². The molecule has 150 valence electrons. The normalized spacial score (nSPS) is 21.4. The molecule has 28 heavy (non-hydrogen) atoms. The third-order valence-corrected chi connectivity index (χ3v) is 7.82. The van der Waals surface area contributed by atoms with Gasteiger partial charge in [-0.25, -0.2) is 4.98 Å². The Morgan fingerprint density at radius 2 is 1.82 bits per heavy atom. The Balaban J connectivity index is 1.26. The van der Waals surface area contributed by atoms with Crippen LogP contribution in [0.25, 0.3) is 10.2 Å². The zero-order valence-electron chi connectivity index (χ0n) is 16.3. The summed E-state index contributed by atoms with van der Waals surface area (Å²) < 4.78 is 0. The van der Waals surface area contributed by atoms with Gasteiger partial charge >= 0.3 is 0 Å². The van der Waals surface area contributed by atoms with Crippen LogP contribution in [0, 0.1) is 5.92 Å². The fourth-order valence-corrected chi connectivity index (χ4v) is 6.33. The second kappa shape index (κ2) is 7.59. The van der Waals surface area contributed by atoms with E-state index in [1.807, 2.05) is 4.90 Å². The number of thiophene rings is 1. The molecule has 2 fully saturated rings. The topological polar surface area (TPSA) is 69.3 Å². The first-order chi connectivity index (χ1) is 13.7. The molecular formula is C21H28N4O2S. The van der Waals surface area contributed by atoms with Gasteiger partial charge in [0.1, 0.15) is 10.7 Å². The zero-order valence-corrected chi connectivity index (χ0v) is 17.2. The monoisotopic (exact) mass is 400 g/mol. The highest BCUT2D eigenvalue weighted by atomic mass is 32.1. The Morgan fingerprint density at radius 1 is 1.07 bits per heavy atom. The molecule has 3 aliphatic rings. The molecule has 2 aliphatic carbocycles. The third kappa shape index (κ3) is 3.39. The number of amides is 1. The highest BCUT2D eigenvalue weighted by Crippen LogP contribution is 2.33. The molecule has 6 nitrogen and oxygen atoms in total. The molecule has 2 aromatic rings. The Morgan fingerprint density at radius 3 is 2.61 bits per heavy atom. The third-order valence-electron chi connectivity index (χ3n) is 6.64. The van der Waals surface area contributed by atoms with Gasteiger partial charge in [0, 0.05) is 37.0 Å². The van der Waals surface area contributed by atoms with Crippen molar-refractivity contribution in [3.8, 4) is 0 Å². The van der Waals surface area contributed by atoms with Crippen LogP contribution in [0.4, 0.5) is 0 Å². The first-order valence-electron chi connectivity index (χ1n) is 10.7. The van der Waals surface area contributed by atoms with Crippen molar-refractivity contribution in [1.82, 2.24) is 19.8 Å². The number of aryl methyl sites for hydroxylation is 2. The minimum atomic E-state index is 0.0226. The SMILES string of the molecule is O=C(C1CCCC1)N1CCN(Cc2nc3sc4c(c3c(=O)[nH]2)CCCC4)CC1. The summed E-state index contributed by atoms with van der Waals surface area (Å²) in [5.41, 5.74) is 1.26. The number of H-pyrrole nitrogens is 1. The quantitative estimate of drug-likeness (QED) is 0.860. The van der Waals surface area contributed by atoms with Crippen molar-refractivity contribution in [2.45, 2.75) is 57.9 Å². The second-order valence-corrected chi connectivity index (χ2v) is 9.57. The molecule has 1 saturated heterocycles. The lowest BCUT2D eigenvalue weighted by Crippen LogP contribution is -2.49. The van der Waals surface area contributed by atoms with E-state index in [4.69, 9.17) is 4.98 Å². The van der Waals surface area contributed by atoms with Gasteiger partial charge in [-0.2, -0.15) is 0 Å². The molecule has 0 radical (unpaired) electrons. The minimum absolute atomic E-state index is 0.0226. The predicted molar refractivity (Wildman–Crippen MR) is 111 cm³/mol. The average molecular weight is 401 g/mol. The molecular weight excluding hydrogens is 372 g/mol. The minimum Gasteiger partial charge on any atom is -0.340 e. The van der Waals surface area contributed by atoms with Crippen molar-refractivity contribution >= 4 is 27.5 Å². The summed E-state index contributed by atoms with van der Waals surface area (Å²) >= 11 is 1.71. The average Bonchev–Trinajstić information content (AvgIpc) is 3.36. The van der Waals surface area contributed by atoms with Gasteiger partial charge in [0.15, 0.2) is 0 Å². The number of fused-ring (bicyclic) bond motifs is 3. The number of carbonyl (C=O) groups is 1. The smallest absolute Gasteiger partial charge is 0.259 e. The van der Waals surface area contributed by atoms with E-state index < -0.39 is 0 Å². The van der Waals surface area contributed by atoms with Gasteiger partial charge in [-0.05, 0) is 44.1 Å². The van der Waals surface area contributed by atoms with E-state index in [9.17, 15) is 9.59 Å². The Bertz CT molecular complexity index is 936. The largest absolute Gasteiger partial charge is 0.340 e. The fourth-order valence-electron chi connectivity index (χ4n) is 5.05. The van der Waals surface area contributed by atoms with E-state index in [0.717, 1.165) is 67.9 Å². The number of aromatic amines is 1. The summed E-state index contributed by atoms with van der Waals surface area (Å²) in [4.78, 5) is 39.7. The Kier molecular flexibility index (Phi) is 4.97. The molecule has 1 saturated carbocycles. The summed E-state index contributed by atoms with van der Waals surface area (Å²) in [6.45, 7) is 3.92. The lowest BCUT2D eigenvalue weighted by atomic mass is 9.97. The predicted octanol–water partition coefficient (Wildman–Crippen LogP) is 2.70. The number of rotatable bonds is 3. The maximum atomic E-state index is 12.7. The zero-order chi connectivity index (χ0) is 19.1. The summed E-state index contributed by atoms with van der Waals surface area (Å²) in [7, 11) is 0. The van der Waals surface area contributed by atoms with E-state index in [-0.39, 0.29) is 11.5 Å². The number of nitrogens with zero attached hydrogens (tertiary/aromatic N) is 3. The fraction of sp³-hybridized carbons (Fsp3) is 0.667. The molecule has 0 aromatic carbocycles. The number of piperazine rings is 1. The second-order valence-electron chi connectivity index (χ2n) is 8.49. The number of aromatic nitrogens is 2. The molecule has 0 atom stereocenters. The van der Waals surface area contributed by atoms with Crippen LogP contribution in [0.5, 0.6) is 0 Å². The summed E-state index contributed by atoms with van der Waals surface area (Å²) in [6.07, 6.45) is 9.01. The van der Waals surface area contributed by atoms with Crippen LogP contribution in [-0.4, -0.2) is 51.9 Å². The first-order valence-corrected chi connectivity index (χ1v) is 11.6. The lowest BCUT2D eigenvalue weighted by Gasteiger charge is -2.35. The van der Waals surface area contributed by atoms with Crippen molar-refractivity contribution < 1.29 is 4.79 Å². The van der Waals surface area contributed by atoms with Crippen LogP contribution >= 0.6 is 11.3 Å². The molecule has 0 spiro atoms. The number of hydrogen-bond acceptors (Lipinski definition) is 5. The van der Waals surface area contributed by atoms with Crippen LogP contribution in [0.3, 0.4) is 0 Å². The summed E-state index contributed by atoms with van der Waals surface area (Å²) in [5, 5.41) is 0.829. The maximum absolute atomic E-state index is 12.7. The molecule has 1 aliphatic heterocycles. The van der Waals surface area contributed by atoms with Gasteiger partial charge in [0.2, 0.25) is 5.91 Å². The number of nitrogens with one attached hydrogen (secondary N) is 1. The van der Waals surface area contributed by atoms with Crippen molar-refractivity contribution in [3.05, 3.63) is 26.6 Å². The van der Waals surface area contributed by atoms with Crippen LogP contribution in [0.15, 0.2) is 4.79 Å². The molecule has 7 heteroatoms. The van der Waals surface area contributed by atoms with E-state index in [0.29, 0.717) is 12.5 Å². The van der Waals surface area contributed by atoms with Gasteiger partial charge < -0.3 is 9.88 Å². The Labute approximate surface area is 168 Å². The van der Waals surface area contributed by atoms with Crippen LogP contribution in [0.2, 0.25) is 0 Å². The molecule has 0 unspecified atom stereocenters. The highest BCUT2D eigenvalue weighted by molar-refractivity contribution is 7.18. The number of carbonyl (C=O) groups excluding carboxylic acids is 1. The molecule has 1 N–H and O–H groups in total. The van der Waals surface area contributed by atoms with Crippen LogP contribution < -0.4 is 5.56 Å². The Hall–Kier alpha value is -1.73. The van der Waals surface area contributed by atoms with E-state index in [2.05, 4.69) is 9.88 Å². The number of hydrogen-bond donors (Lipinski definition) is 1. The van der Waals surface area contributed by atoms with Crippen LogP contribution in [-0.2, 0) is 24.2 Å². The van der Waals surface area contributed by atoms with Gasteiger partial charge in [-0.1, -0.05) is 12.8 Å². The van der Waals surface area contributed by atoms with E-state index in [1.54, 1.807) is 11.3 Å². The van der Waals surface area contributed by atoms with Crippen LogP contribution in [0.1, 0.15) is 54.8 Å². The van der Waals surface area contributed by atoms with Gasteiger partial charge in [-0.3, -0.25) is 14.5 Å². The van der Waals surface area contributed by atoms with Gasteiger partial charge in [0.05, 0.1) is 11.9 Å². The summed E-state index contributed by atoms with van der Waals surface area (Å²) in [5.74, 6) is 1.37. The van der Waals surface area contributed by atoms with Crippen molar-refractivity contribution in [2.75, 3.05) is 26.2 Å². The lowest BCUT2D eigenvalue weighted by molar-refractivity contribution is -0.137. The van der Waals surface area contributed by atoms with Gasteiger partial charge in [0.25, 0.3) is 5.56 Å². The van der Waals surface area contributed by atoms with Crippen molar-refractivity contribution in [2.24, 2.45) is 5.92 Å². The standard InChI is InChI=1S/C21H28N4O2S/c26-19-18-15-7-3-4-8-16(15)28-20(18)23-17(22-19)13-24-9-11-25(12-10-24)21(27)14-5-1-2-6-14/h14H,1-13H2,(H,22,23,26).